The number of rotatable bonds is 6. The summed E-state index contributed by atoms with van der Waals surface area (Å²) < 4.78 is 0. The molecule has 1 aliphatic rings. The van der Waals surface area contributed by atoms with Gasteiger partial charge < -0.3 is 0 Å². The van der Waals surface area contributed by atoms with E-state index in [-0.39, 0.29) is 6.54 Å². The number of aliphatic imine (C=N–C) groups is 1. The second-order valence-electron chi connectivity index (χ2n) is 4.99. The Morgan fingerprint density at radius 2 is 2.26 bits per heavy atom. The Morgan fingerprint density at radius 1 is 1.48 bits per heavy atom. The minimum atomic E-state index is -1.07. The Kier molecular flexibility index (Phi) is 5.35. The van der Waals surface area contributed by atoms with Crippen molar-refractivity contribution < 1.29 is 14.4 Å². The molecule has 23 heavy (non-hydrogen) atoms. The first-order chi connectivity index (χ1) is 11.1. The molecular formula is C16H18N4O3. The van der Waals surface area contributed by atoms with Gasteiger partial charge in [-0.25, -0.2) is 4.79 Å². The first-order valence-electron chi connectivity index (χ1n) is 7.27. The molecule has 120 valence electrons. The highest BCUT2D eigenvalue weighted by Gasteiger charge is 2.42. The SMILES string of the molecule is C=CCN1C(=O)NC(=O)C(C(CC)=NCc2cccnc2)C1=O. The molecule has 0 bridgehead atoms. The number of barbiturate groups is 1. The van der Waals surface area contributed by atoms with E-state index in [1.807, 2.05) is 13.0 Å². The lowest BCUT2D eigenvalue weighted by molar-refractivity contribution is -0.139. The first kappa shape index (κ1) is 16.5. The topological polar surface area (TPSA) is 91.7 Å². The van der Waals surface area contributed by atoms with E-state index < -0.39 is 23.8 Å². The fourth-order valence-electron chi connectivity index (χ4n) is 2.30. The number of imide groups is 2. The highest BCUT2D eigenvalue weighted by atomic mass is 16.2. The second-order valence-corrected chi connectivity index (χ2v) is 4.99. The van der Waals surface area contributed by atoms with Crippen molar-refractivity contribution in [1.82, 2.24) is 15.2 Å². The number of amides is 4. The quantitative estimate of drug-likeness (QED) is 0.487. The van der Waals surface area contributed by atoms with E-state index in [1.54, 1.807) is 18.5 Å². The van der Waals surface area contributed by atoms with Crippen LogP contribution in [0.1, 0.15) is 18.9 Å². The van der Waals surface area contributed by atoms with Gasteiger partial charge in [-0.15, -0.1) is 6.58 Å². The van der Waals surface area contributed by atoms with E-state index in [9.17, 15) is 14.4 Å². The zero-order valence-corrected chi connectivity index (χ0v) is 12.9. The molecule has 0 aliphatic carbocycles. The van der Waals surface area contributed by atoms with Gasteiger partial charge in [0, 0.05) is 24.7 Å². The lowest BCUT2D eigenvalue weighted by atomic mass is 9.96. The van der Waals surface area contributed by atoms with Crippen molar-refractivity contribution >= 4 is 23.6 Å². The normalized spacial score (nSPS) is 18.8. The van der Waals surface area contributed by atoms with Crippen molar-refractivity contribution in [3.8, 4) is 0 Å². The van der Waals surface area contributed by atoms with Crippen LogP contribution >= 0.6 is 0 Å². The summed E-state index contributed by atoms with van der Waals surface area (Å²) in [5.41, 5.74) is 1.32. The summed E-state index contributed by atoms with van der Waals surface area (Å²) in [7, 11) is 0. The molecule has 2 heterocycles. The third kappa shape index (κ3) is 3.68. The molecule has 1 saturated heterocycles. The van der Waals surface area contributed by atoms with Crippen LogP contribution in [0.15, 0.2) is 42.2 Å². The number of pyridine rings is 1. The minimum Gasteiger partial charge on any atom is -0.288 e. The maximum absolute atomic E-state index is 12.5. The van der Waals surface area contributed by atoms with Crippen LogP contribution in [-0.4, -0.2) is 40.0 Å². The summed E-state index contributed by atoms with van der Waals surface area (Å²) >= 11 is 0. The van der Waals surface area contributed by atoms with Gasteiger partial charge in [0.1, 0.15) is 0 Å². The van der Waals surface area contributed by atoms with Crippen LogP contribution in [0.4, 0.5) is 4.79 Å². The van der Waals surface area contributed by atoms with E-state index in [0.717, 1.165) is 10.5 Å². The highest BCUT2D eigenvalue weighted by molar-refractivity contribution is 6.27. The van der Waals surface area contributed by atoms with Crippen molar-refractivity contribution in [2.75, 3.05) is 6.54 Å². The van der Waals surface area contributed by atoms with Gasteiger partial charge in [-0.2, -0.15) is 0 Å². The molecule has 0 aromatic carbocycles. The van der Waals surface area contributed by atoms with Gasteiger partial charge in [0.2, 0.25) is 11.8 Å². The summed E-state index contributed by atoms with van der Waals surface area (Å²) in [4.78, 5) is 45.6. The Labute approximate surface area is 134 Å². The van der Waals surface area contributed by atoms with Crippen molar-refractivity contribution in [3.63, 3.8) is 0 Å². The maximum Gasteiger partial charge on any atom is 0.331 e. The number of nitrogens with one attached hydrogen (secondary N) is 1. The standard InChI is InChI=1S/C16H18N4O3/c1-3-8-20-15(22)13(14(21)19-16(20)23)12(4-2)18-10-11-6-5-7-17-9-11/h3,5-7,9,13H,1,4,8,10H2,2H3,(H,19,21,23). The van der Waals surface area contributed by atoms with Gasteiger partial charge >= 0.3 is 6.03 Å². The molecule has 1 atom stereocenters. The number of aromatic nitrogens is 1. The summed E-state index contributed by atoms with van der Waals surface area (Å²) in [5.74, 6) is -2.27. The van der Waals surface area contributed by atoms with Crippen LogP contribution < -0.4 is 5.32 Å². The fraction of sp³-hybridized carbons (Fsp3) is 0.312. The average molecular weight is 314 g/mol. The number of carbonyl (C=O) groups excluding carboxylic acids is 3. The van der Waals surface area contributed by atoms with Crippen molar-refractivity contribution in [1.29, 1.82) is 0 Å². The van der Waals surface area contributed by atoms with E-state index >= 15 is 0 Å². The van der Waals surface area contributed by atoms with Crippen LogP contribution in [0.5, 0.6) is 0 Å². The molecule has 1 N–H and O–H groups in total. The Morgan fingerprint density at radius 3 is 2.87 bits per heavy atom. The zero-order valence-electron chi connectivity index (χ0n) is 12.9. The van der Waals surface area contributed by atoms with E-state index in [1.165, 1.54) is 6.08 Å². The average Bonchev–Trinajstić information content (AvgIpc) is 2.55. The zero-order chi connectivity index (χ0) is 16.8. The Balaban J connectivity index is 2.24. The largest absolute Gasteiger partial charge is 0.331 e. The molecule has 1 aliphatic heterocycles. The molecule has 0 saturated carbocycles. The molecule has 2 rings (SSSR count). The minimum absolute atomic E-state index is 0.0496. The molecule has 1 aromatic rings. The van der Waals surface area contributed by atoms with Crippen LogP contribution in [0.3, 0.4) is 0 Å². The molecule has 1 fully saturated rings. The molecule has 1 aromatic heterocycles. The van der Waals surface area contributed by atoms with Crippen molar-refractivity contribution in [3.05, 3.63) is 42.7 Å². The van der Waals surface area contributed by atoms with Gasteiger partial charge in [-0.3, -0.25) is 29.8 Å². The number of hydrogen-bond donors (Lipinski definition) is 1. The third-order valence-electron chi connectivity index (χ3n) is 3.45. The first-order valence-corrected chi connectivity index (χ1v) is 7.27. The van der Waals surface area contributed by atoms with Crippen LogP contribution in [-0.2, 0) is 16.1 Å². The summed E-state index contributed by atoms with van der Waals surface area (Å²) in [6, 6.07) is 2.93. The van der Waals surface area contributed by atoms with Gasteiger partial charge in [-0.05, 0) is 18.1 Å². The third-order valence-corrected chi connectivity index (χ3v) is 3.45. The molecule has 0 spiro atoms. The number of nitrogens with zero attached hydrogens (tertiary/aromatic N) is 3. The van der Waals surface area contributed by atoms with E-state index in [0.29, 0.717) is 18.7 Å². The molecule has 4 amide bonds. The van der Waals surface area contributed by atoms with Crippen LogP contribution in [0.25, 0.3) is 0 Å². The Hall–Kier alpha value is -2.83. The summed E-state index contributed by atoms with van der Waals surface area (Å²) in [6.45, 7) is 5.70. The second kappa shape index (κ2) is 7.44. The predicted octanol–water partition coefficient (Wildman–Crippen LogP) is 1.31. The van der Waals surface area contributed by atoms with Crippen LogP contribution in [0, 0.1) is 5.92 Å². The van der Waals surface area contributed by atoms with Gasteiger partial charge in [0.05, 0.1) is 6.54 Å². The van der Waals surface area contributed by atoms with E-state index in [2.05, 4.69) is 21.9 Å². The van der Waals surface area contributed by atoms with Gasteiger partial charge in [-0.1, -0.05) is 19.1 Å². The molecular weight excluding hydrogens is 296 g/mol. The lowest BCUT2D eigenvalue weighted by Crippen LogP contribution is -2.59. The van der Waals surface area contributed by atoms with Crippen molar-refractivity contribution in [2.24, 2.45) is 10.9 Å². The molecule has 7 nitrogen and oxygen atoms in total. The summed E-state index contributed by atoms with van der Waals surface area (Å²) in [6.07, 6.45) is 5.20. The maximum atomic E-state index is 12.5. The lowest BCUT2D eigenvalue weighted by Gasteiger charge is -2.29. The Bertz CT molecular complexity index is 655. The molecule has 7 heteroatoms. The predicted molar refractivity (Wildman–Crippen MR) is 84.6 cm³/mol. The van der Waals surface area contributed by atoms with Gasteiger partial charge in [0.25, 0.3) is 0 Å². The highest BCUT2D eigenvalue weighted by Crippen LogP contribution is 2.15. The van der Waals surface area contributed by atoms with E-state index in [4.69, 9.17) is 0 Å². The monoisotopic (exact) mass is 314 g/mol. The fourth-order valence-corrected chi connectivity index (χ4v) is 2.30. The van der Waals surface area contributed by atoms with Crippen LogP contribution in [0.2, 0.25) is 0 Å². The smallest absolute Gasteiger partial charge is 0.288 e. The molecule has 0 radical (unpaired) electrons. The molecule has 1 unspecified atom stereocenters. The summed E-state index contributed by atoms with van der Waals surface area (Å²) in [5, 5.41) is 2.19. The number of hydrogen-bond acceptors (Lipinski definition) is 5. The van der Waals surface area contributed by atoms with Gasteiger partial charge in [0.15, 0.2) is 5.92 Å². The number of urea groups is 1. The number of carbonyl (C=O) groups is 3. The van der Waals surface area contributed by atoms with Crippen molar-refractivity contribution in [2.45, 2.75) is 19.9 Å².